The first-order valence-electron chi connectivity index (χ1n) is 9.08. The van der Waals surface area contributed by atoms with Crippen LogP contribution in [0.25, 0.3) is 0 Å². The summed E-state index contributed by atoms with van der Waals surface area (Å²) in [4.78, 5) is 14.2. The molecule has 2 aromatic heterocycles. The SMILES string of the molecule is CCn1ccc(CN(C)C(=O)c2ccn(COc3cc(C)c(Cl)c(C)c3)n2)n1. The molecule has 0 aliphatic rings. The largest absolute Gasteiger partial charge is 0.471 e. The van der Waals surface area contributed by atoms with Crippen molar-refractivity contribution in [2.24, 2.45) is 0 Å². The first-order chi connectivity index (χ1) is 13.4. The lowest BCUT2D eigenvalue weighted by Gasteiger charge is -2.14. The first-order valence-corrected chi connectivity index (χ1v) is 9.46. The van der Waals surface area contributed by atoms with Gasteiger partial charge in [-0.1, -0.05) is 11.6 Å². The second-order valence-electron chi connectivity index (χ2n) is 6.71. The summed E-state index contributed by atoms with van der Waals surface area (Å²) in [5.74, 6) is 0.550. The van der Waals surface area contributed by atoms with Crippen molar-refractivity contribution in [2.45, 2.75) is 40.6 Å². The van der Waals surface area contributed by atoms with Crippen molar-refractivity contribution in [3.63, 3.8) is 0 Å². The highest BCUT2D eigenvalue weighted by Crippen LogP contribution is 2.26. The molecular weight excluding hydrogens is 378 g/mol. The highest BCUT2D eigenvalue weighted by atomic mass is 35.5. The van der Waals surface area contributed by atoms with Gasteiger partial charge in [0, 0.05) is 31.0 Å². The molecule has 2 heterocycles. The van der Waals surface area contributed by atoms with Crippen molar-refractivity contribution in [3.8, 4) is 5.75 Å². The summed E-state index contributed by atoms with van der Waals surface area (Å²) in [6.45, 7) is 7.33. The Kier molecular flexibility index (Phi) is 6.04. The van der Waals surface area contributed by atoms with E-state index in [2.05, 4.69) is 10.2 Å². The van der Waals surface area contributed by atoms with Crippen LogP contribution >= 0.6 is 11.6 Å². The highest BCUT2D eigenvalue weighted by molar-refractivity contribution is 6.32. The lowest BCUT2D eigenvalue weighted by molar-refractivity contribution is 0.0775. The zero-order valence-electron chi connectivity index (χ0n) is 16.5. The van der Waals surface area contributed by atoms with Gasteiger partial charge in [-0.3, -0.25) is 9.48 Å². The van der Waals surface area contributed by atoms with E-state index in [1.165, 1.54) is 0 Å². The summed E-state index contributed by atoms with van der Waals surface area (Å²) < 4.78 is 9.20. The molecule has 1 amide bonds. The average molecular weight is 402 g/mol. The number of hydrogen-bond acceptors (Lipinski definition) is 4. The summed E-state index contributed by atoms with van der Waals surface area (Å²) in [6, 6.07) is 7.36. The molecule has 0 saturated heterocycles. The van der Waals surface area contributed by atoms with E-state index < -0.39 is 0 Å². The van der Waals surface area contributed by atoms with Crippen molar-refractivity contribution >= 4 is 17.5 Å². The predicted octanol–water partition coefficient (Wildman–Crippen LogP) is 3.68. The van der Waals surface area contributed by atoms with E-state index in [1.807, 2.05) is 49.8 Å². The molecule has 3 rings (SSSR count). The minimum atomic E-state index is -0.164. The summed E-state index contributed by atoms with van der Waals surface area (Å²) in [6.07, 6.45) is 3.63. The lowest BCUT2D eigenvalue weighted by atomic mass is 10.1. The van der Waals surface area contributed by atoms with Crippen LogP contribution in [-0.4, -0.2) is 37.4 Å². The van der Waals surface area contributed by atoms with E-state index in [0.717, 1.165) is 28.4 Å². The van der Waals surface area contributed by atoms with Gasteiger partial charge in [0.25, 0.3) is 5.91 Å². The smallest absolute Gasteiger partial charge is 0.274 e. The van der Waals surface area contributed by atoms with Crippen molar-refractivity contribution < 1.29 is 9.53 Å². The molecule has 0 spiro atoms. The fourth-order valence-corrected chi connectivity index (χ4v) is 2.96. The minimum Gasteiger partial charge on any atom is -0.471 e. The number of aromatic nitrogens is 4. The van der Waals surface area contributed by atoms with Gasteiger partial charge in [0.05, 0.1) is 12.2 Å². The number of halogens is 1. The minimum absolute atomic E-state index is 0.164. The molecule has 0 N–H and O–H groups in total. The van der Waals surface area contributed by atoms with Gasteiger partial charge in [-0.2, -0.15) is 10.2 Å². The number of aryl methyl sites for hydroxylation is 3. The van der Waals surface area contributed by atoms with Crippen molar-refractivity contribution in [2.75, 3.05) is 7.05 Å². The van der Waals surface area contributed by atoms with Crippen molar-refractivity contribution in [1.29, 1.82) is 0 Å². The number of ether oxygens (including phenoxy) is 1. The Morgan fingerprint density at radius 3 is 2.46 bits per heavy atom. The van der Waals surface area contributed by atoms with Crippen LogP contribution in [0.5, 0.6) is 5.75 Å². The van der Waals surface area contributed by atoms with Crippen LogP contribution in [0.4, 0.5) is 0 Å². The monoisotopic (exact) mass is 401 g/mol. The molecule has 0 fully saturated rings. The number of rotatable bonds is 7. The zero-order valence-corrected chi connectivity index (χ0v) is 17.3. The Bertz CT molecular complexity index is 956. The van der Waals surface area contributed by atoms with E-state index in [9.17, 15) is 4.79 Å². The Hall–Kier alpha value is -2.80. The summed E-state index contributed by atoms with van der Waals surface area (Å²) in [5.41, 5.74) is 3.12. The van der Waals surface area contributed by atoms with Crippen LogP contribution in [-0.2, 0) is 19.8 Å². The Balaban J connectivity index is 1.60. The first kappa shape index (κ1) is 19.9. The number of carbonyl (C=O) groups excluding carboxylic acids is 1. The van der Waals surface area contributed by atoms with Gasteiger partial charge in [-0.25, -0.2) is 4.68 Å². The van der Waals surface area contributed by atoms with Crippen LogP contribution in [0.2, 0.25) is 5.02 Å². The number of nitrogens with zero attached hydrogens (tertiary/aromatic N) is 5. The van der Waals surface area contributed by atoms with Gasteiger partial charge in [0.1, 0.15) is 5.75 Å². The van der Waals surface area contributed by atoms with E-state index in [0.29, 0.717) is 18.0 Å². The van der Waals surface area contributed by atoms with Crippen LogP contribution in [0.15, 0.2) is 36.7 Å². The standard InChI is InChI=1S/C20H24ClN5O2/c1-5-25-8-6-16(22-25)12-24(4)20(27)18-7-9-26(23-18)13-28-17-10-14(2)19(21)15(3)11-17/h6-11H,5,12-13H2,1-4H3. The van der Waals surface area contributed by atoms with Gasteiger partial charge >= 0.3 is 0 Å². The quantitative estimate of drug-likeness (QED) is 0.605. The molecule has 0 radical (unpaired) electrons. The second kappa shape index (κ2) is 8.48. The maximum Gasteiger partial charge on any atom is 0.274 e. The summed E-state index contributed by atoms with van der Waals surface area (Å²) in [5, 5.41) is 9.46. The van der Waals surface area contributed by atoms with Gasteiger partial charge in [0.2, 0.25) is 0 Å². The Morgan fingerprint density at radius 1 is 1.14 bits per heavy atom. The molecule has 148 valence electrons. The van der Waals surface area contributed by atoms with Gasteiger partial charge in [-0.15, -0.1) is 0 Å². The maximum absolute atomic E-state index is 12.6. The van der Waals surface area contributed by atoms with E-state index >= 15 is 0 Å². The third-order valence-electron chi connectivity index (χ3n) is 4.40. The van der Waals surface area contributed by atoms with Crippen LogP contribution in [0, 0.1) is 13.8 Å². The number of amides is 1. The molecule has 28 heavy (non-hydrogen) atoms. The number of hydrogen-bond donors (Lipinski definition) is 0. The van der Waals surface area contributed by atoms with Gasteiger partial charge in [-0.05, 0) is 56.2 Å². The van der Waals surface area contributed by atoms with E-state index in [-0.39, 0.29) is 12.6 Å². The Morgan fingerprint density at radius 2 is 1.82 bits per heavy atom. The maximum atomic E-state index is 12.6. The third kappa shape index (κ3) is 4.54. The van der Waals surface area contributed by atoms with Gasteiger partial charge in [0.15, 0.2) is 12.4 Å². The molecule has 0 atom stereocenters. The van der Waals surface area contributed by atoms with Gasteiger partial charge < -0.3 is 9.64 Å². The Labute approximate surface area is 169 Å². The third-order valence-corrected chi connectivity index (χ3v) is 5.00. The zero-order chi connectivity index (χ0) is 20.3. The van der Waals surface area contributed by atoms with E-state index in [4.69, 9.17) is 16.3 Å². The summed E-state index contributed by atoms with van der Waals surface area (Å²) in [7, 11) is 1.74. The fraction of sp³-hybridized carbons (Fsp3) is 0.350. The second-order valence-corrected chi connectivity index (χ2v) is 7.09. The molecule has 0 unspecified atom stereocenters. The topological polar surface area (TPSA) is 65.2 Å². The van der Waals surface area contributed by atoms with Crippen molar-refractivity contribution in [3.05, 3.63) is 64.2 Å². The lowest BCUT2D eigenvalue weighted by Crippen LogP contribution is -2.27. The number of benzene rings is 1. The predicted molar refractivity (Wildman–Crippen MR) is 107 cm³/mol. The summed E-state index contributed by atoms with van der Waals surface area (Å²) >= 11 is 6.18. The van der Waals surface area contributed by atoms with E-state index in [1.54, 1.807) is 28.9 Å². The fourth-order valence-electron chi connectivity index (χ4n) is 2.85. The van der Waals surface area contributed by atoms with Crippen LogP contribution in [0.3, 0.4) is 0 Å². The molecule has 0 aliphatic carbocycles. The van der Waals surface area contributed by atoms with Crippen LogP contribution < -0.4 is 4.74 Å². The normalized spacial score (nSPS) is 10.9. The molecule has 0 bridgehead atoms. The molecule has 1 aromatic carbocycles. The molecule has 0 saturated carbocycles. The number of carbonyl (C=O) groups is 1. The molecule has 3 aromatic rings. The molecule has 7 nitrogen and oxygen atoms in total. The van der Waals surface area contributed by atoms with Crippen molar-refractivity contribution in [1.82, 2.24) is 24.5 Å². The molecule has 8 heteroatoms. The average Bonchev–Trinajstić information content (AvgIpc) is 3.33. The molecular formula is C20H24ClN5O2. The molecule has 0 aliphatic heterocycles. The highest BCUT2D eigenvalue weighted by Gasteiger charge is 2.16. The van der Waals surface area contributed by atoms with Crippen LogP contribution in [0.1, 0.15) is 34.2 Å².